The highest BCUT2D eigenvalue weighted by Gasteiger charge is 2.53. The average molecular weight is 389 g/mol. The molecule has 4 nitrogen and oxygen atoms in total. The molecule has 0 spiro atoms. The Hall–Kier alpha value is -2.01. The number of carbonyl (C=O) groups is 1. The van der Waals surface area contributed by atoms with Gasteiger partial charge in [-0.3, -0.25) is 0 Å². The van der Waals surface area contributed by atoms with Gasteiger partial charge in [0.15, 0.2) is 6.10 Å². The Morgan fingerprint density at radius 1 is 1.38 bits per heavy atom. The first-order valence-electron chi connectivity index (χ1n) is 7.95. The topological polar surface area (TPSA) is 55.8 Å². The Labute approximate surface area is 148 Å². The van der Waals surface area contributed by atoms with Gasteiger partial charge in [0.25, 0.3) is 0 Å². The maximum atomic E-state index is 10.9. The summed E-state index contributed by atoms with van der Waals surface area (Å²) >= 11 is 3.47. The number of hydrogen-bond acceptors (Lipinski definition) is 3. The maximum Gasteiger partial charge on any atom is 0.345 e. The lowest BCUT2D eigenvalue weighted by molar-refractivity contribution is -0.146. The van der Waals surface area contributed by atoms with Crippen LogP contribution in [-0.4, -0.2) is 23.8 Å². The molecular weight excluding hydrogens is 372 g/mol. The molecule has 3 unspecified atom stereocenters. The third kappa shape index (κ3) is 2.77. The van der Waals surface area contributed by atoms with E-state index in [1.165, 1.54) is 5.56 Å². The van der Waals surface area contributed by atoms with E-state index in [9.17, 15) is 4.79 Å². The molecule has 0 aromatic heterocycles. The summed E-state index contributed by atoms with van der Waals surface area (Å²) in [4.78, 5) is 10.9. The van der Waals surface area contributed by atoms with Crippen LogP contribution in [0.15, 0.2) is 64.6 Å². The average Bonchev–Trinajstić information content (AvgIpc) is 3.11. The summed E-state index contributed by atoms with van der Waals surface area (Å²) in [6.45, 7) is 0.276. The Bertz CT molecular complexity index is 762. The molecule has 1 aromatic carbocycles. The van der Waals surface area contributed by atoms with Crippen LogP contribution in [0.2, 0.25) is 0 Å². The van der Waals surface area contributed by atoms with Crippen molar-refractivity contribution in [3.63, 3.8) is 0 Å². The number of hydrogen-bond donors (Lipinski definition) is 1. The van der Waals surface area contributed by atoms with Crippen molar-refractivity contribution < 1.29 is 19.4 Å². The van der Waals surface area contributed by atoms with Gasteiger partial charge >= 0.3 is 5.97 Å². The quantitative estimate of drug-likeness (QED) is 0.829. The van der Waals surface area contributed by atoms with E-state index in [1.54, 1.807) is 6.08 Å². The van der Waals surface area contributed by atoms with Gasteiger partial charge < -0.3 is 14.6 Å². The molecule has 0 amide bonds. The highest BCUT2D eigenvalue weighted by atomic mass is 79.9. The first kappa shape index (κ1) is 15.5. The second-order valence-corrected chi connectivity index (χ2v) is 7.32. The molecular formula is C19H17BrO4. The van der Waals surface area contributed by atoms with E-state index in [1.807, 2.05) is 6.08 Å². The van der Waals surface area contributed by atoms with Crippen molar-refractivity contribution in [1.82, 2.24) is 0 Å². The monoisotopic (exact) mass is 388 g/mol. The minimum atomic E-state index is -0.935. The van der Waals surface area contributed by atoms with Crippen LogP contribution in [0, 0.1) is 5.92 Å². The molecule has 0 radical (unpaired) electrons. The summed E-state index contributed by atoms with van der Waals surface area (Å²) < 4.78 is 12.2. The van der Waals surface area contributed by atoms with Crippen molar-refractivity contribution in [3.05, 3.63) is 70.1 Å². The van der Waals surface area contributed by atoms with Crippen LogP contribution in [0.3, 0.4) is 0 Å². The molecule has 1 N–H and O–H groups in total. The van der Waals surface area contributed by atoms with Crippen LogP contribution >= 0.6 is 15.9 Å². The molecule has 4 rings (SSSR count). The lowest BCUT2D eigenvalue weighted by Crippen LogP contribution is -2.19. The summed E-state index contributed by atoms with van der Waals surface area (Å²) in [5.41, 5.74) is 1.44. The van der Waals surface area contributed by atoms with Gasteiger partial charge in [0.1, 0.15) is 18.1 Å². The first-order chi connectivity index (χ1) is 11.6. The fraction of sp³-hybridized carbons (Fsp3) is 0.316. The smallest absolute Gasteiger partial charge is 0.345 e. The number of fused-ring (bicyclic) bond motifs is 1. The van der Waals surface area contributed by atoms with Crippen LogP contribution < -0.4 is 0 Å². The molecule has 1 aliphatic heterocycles. The van der Waals surface area contributed by atoms with Crippen molar-refractivity contribution in [3.8, 4) is 0 Å². The summed E-state index contributed by atoms with van der Waals surface area (Å²) in [6, 6.07) is 8.48. The molecule has 3 atom stereocenters. The van der Waals surface area contributed by atoms with Gasteiger partial charge in [-0.15, -0.1) is 0 Å². The van der Waals surface area contributed by atoms with Gasteiger partial charge in [-0.2, -0.15) is 0 Å². The van der Waals surface area contributed by atoms with E-state index in [-0.39, 0.29) is 12.0 Å². The Morgan fingerprint density at radius 3 is 2.83 bits per heavy atom. The number of aliphatic carboxylic acids is 1. The van der Waals surface area contributed by atoms with Crippen molar-refractivity contribution in [1.29, 1.82) is 0 Å². The van der Waals surface area contributed by atoms with Gasteiger partial charge in [0, 0.05) is 16.3 Å². The summed E-state index contributed by atoms with van der Waals surface area (Å²) in [7, 11) is 0. The van der Waals surface area contributed by atoms with Crippen LogP contribution in [0.25, 0.3) is 0 Å². The molecule has 0 saturated heterocycles. The van der Waals surface area contributed by atoms with E-state index in [0.717, 1.165) is 16.7 Å². The van der Waals surface area contributed by atoms with E-state index < -0.39 is 12.1 Å². The highest BCUT2D eigenvalue weighted by molar-refractivity contribution is 9.10. The molecule has 24 heavy (non-hydrogen) atoms. The number of halogens is 1. The zero-order chi connectivity index (χ0) is 16.7. The summed E-state index contributed by atoms with van der Waals surface area (Å²) in [5, 5.41) is 8.92. The van der Waals surface area contributed by atoms with E-state index in [4.69, 9.17) is 14.6 Å². The molecule has 1 aromatic rings. The van der Waals surface area contributed by atoms with Gasteiger partial charge in [-0.25, -0.2) is 4.79 Å². The first-order valence-corrected chi connectivity index (χ1v) is 8.74. The highest BCUT2D eigenvalue weighted by Crippen LogP contribution is 2.58. The fourth-order valence-electron chi connectivity index (χ4n) is 3.39. The molecule has 5 heteroatoms. The van der Waals surface area contributed by atoms with Crippen molar-refractivity contribution in [2.75, 3.05) is 6.61 Å². The molecule has 0 bridgehead atoms. The van der Waals surface area contributed by atoms with Gasteiger partial charge in [-0.1, -0.05) is 34.1 Å². The fourth-order valence-corrected chi connectivity index (χ4v) is 3.65. The van der Waals surface area contributed by atoms with Crippen molar-refractivity contribution in [2.24, 2.45) is 5.92 Å². The lowest BCUT2D eigenvalue weighted by Gasteiger charge is -2.18. The second-order valence-electron chi connectivity index (χ2n) is 6.40. The summed E-state index contributed by atoms with van der Waals surface area (Å²) in [6.07, 6.45) is 8.90. The predicted molar refractivity (Wildman–Crippen MR) is 92.3 cm³/mol. The maximum absolute atomic E-state index is 10.9. The number of allylic oxidation sites excluding steroid dienone is 3. The Morgan fingerprint density at radius 2 is 2.17 bits per heavy atom. The summed E-state index contributed by atoms with van der Waals surface area (Å²) in [5.74, 6) is 0.949. The van der Waals surface area contributed by atoms with E-state index in [0.29, 0.717) is 18.1 Å². The largest absolute Gasteiger partial charge is 0.486 e. The number of rotatable bonds is 5. The number of benzene rings is 1. The minimum Gasteiger partial charge on any atom is -0.486 e. The third-order valence-corrected chi connectivity index (χ3v) is 5.39. The Kier molecular flexibility index (Phi) is 3.76. The van der Waals surface area contributed by atoms with Crippen LogP contribution in [-0.2, 0) is 19.7 Å². The second kappa shape index (κ2) is 5.81. The van der Waals surface area contributed by atoms with Gasteiger partial charge in [-0.05, 0) is 48.3 Å². The van der Waals surface area contributed by atoms with Crippen LogP contribution in [0.5, 0.6) is 0 Å². The zero-order valence-corrected chi connectivity index (χ0v) is 14.5. The normalized spacial score (nSPS) is 30.0. The molecule has 1 fully saturated rings. The van der Waals surface area contributed by atoms with Gasteiger partial charge in [0.05, 0.1) is 0 Å². The molecule has 3 aliphatic rings. The minimum absolute atomic E-state index is 0.116. The lowest BCUT2D eigenvalue weighted by atomic mass is 9.90. The zero-order valence-electron chi connectivity index (χ0n) is 12.9. The predicted octanol–water partition coefficient (Wildman–Crippen LogP) is 3.93. The van der Waals surface area contributed by atoms with Gasteiger partial charge in [0.2, 0.25) is 0 Å². The van der Waals surface area contributed by atoms with E-state index >= 15 is 0 Å². The molecule has 2 aliphatic carbocycles. The van der Waals surface area contributed by atoms with Crippen molar-refractivity contribution in [2.45, 2.75) is 24.4 Å². The Balaban J connectivity index is 1.36. The van der Waals surface area contributed by atoms with Crippen LogP contribution in [0.4, 0.5) is 0 Å². The van der Waals surface area contributed by atoms with Crippen molar-refractivity contribution >= 4 is 21.9 Å². The molecule has 1 saturated carbocycles. The SMILES string of the molecule is O=C(O)C1CC=C(COC2=CC3CC3(c3ccc(Br)cc3)C=C2)O1. The van der Waals surface area contributed by atoms with Crippen LogP contribution in [0.1, 0.15) is 18.4 Å². The van der Waals surface area contributed by atoms with E-state index in [2.05, 4.69) is 52.3 Å². The number of carboxylic acids is 1. The molecule has 124 valence electrons. The molecule has 1 heterocycles. The number of carboxylic acid groups (broad SMARTS) is 1. The number of ether oxygens (including phenoxy) is 2. The third-order valence-electron chi connectivity index (χ3n) is 4.86. The standard InChI is InChI=1S/C19H17BrO4/c20-14-3-1-12(2-4-14)19-8-7-15(9-13(19)10-19)23-11-16-5-6-17(24-16)18(21)22/h1-5,7-9,13,17H,6,10-11H2,(H,21,22).